The average Bonchev–Trinajstić information content (AvgIpc) is 2.47. The summed E-state index contributed by atoms with van der Waals surface area (Å²) in [7, 11) is 0. The van der Waals surface area contributed by atoms with Gasteiger partial charge in [0.1, 0.15) is 11.7 Å². The Morgan fingerprint density at radius 1 is 1.00 bits per heavy atom. The number of carbonyl (C=O) groups is 1. The SMILES string of the molecule is CCCCNC(=O)C(C)Nc1c(F)c(F)c(F)c(F)c1F. The Hall–Kier alpha value is -1.86. The molecule has 0 heterocycles. The maximum atomic E-state index is 13.4. The first-order valence-corrected chi connectivity index (χ1v) is 6.36. The predicted octanol–water partition coefficient (Wildman–Crippen LogP) is 3.10. The standard InChI is InChI=1S/C13H15F5N2O/c1-3-4-5-19-13(21)6(2)20-12-10(17)8(15)7(14)9(16)11(12)18/h6,20H,3-5H2,1-2H3,(H,19,21). The highest BCUT2D eigenvalue weighted by atomic mass is 19.2. The highest BCUT2D eigenvalue weighted by Gasteiger charge is 2.27. The fraction of sp³-hybridized carbons (Fsp3) is 0.462. The number of benzene rings is 1. The molecule has 1 aromatic carbocycles. The van der Waals surface area contributed by atoms with E-state index in [0.29, 0.717) is 13.0 Å². The predicted molar refractivity (Wildman–Crippen MR) is 67.2 cm³/mol. The van der Waals surface area contributed by atoms with E-state index in [2.05, 4.69) is 5.32 Å². The molecule has 1 unspecified atom stereocenters. The zero-order valence-corrected chi connectivity index (χ0v) is 11.5. The second-order valence-corrected chi connectivity index (χ2v) is 4.46. The molecule has 2 N–H and O–H groups in total. The van der Waals surface area contributed by atoms with Crippen LogP contribution in [0.25, 0.3) is 0 Å². The van der Waals surface area contributed by atoms with Crippen LogP contribution in [0.15, 0.2) is 0 Å². The van der Waals surface area contributed by atoms with E-state index in [4.69, 9.17) is 0 Å². The molecule has 3 nitrogen and oxygen atoms in total. The van der Waals surface area contributed by atoms with E-state index >= 15 is 0 Å². The summed E-state index contributed by atoms with van der Waals surface area (Å²) < 4.78 is 65.7. The normalized spacial score (nSPS) is 12.1. The second kappa shape index (κ2) is 7.24. The Labute approximate surface area is 118 Å². The number of amides is 1. The summed E-state index contributed by atoms with van der Waals surface area (Å²) in [6, 6.07) is -1.16. The minimum atomic E-state index is -2.24. The fourth-order valence-corrected chi connectivity index (χ4v) is 1.56. The van der Waals surface area contributed by atoms with Crippen LogP contribution in [0.2, 0.25) is 0 Å². The summed E-state index contributed by atoms with van der Waals surface area (Å²) in [6.07, 6.45) is 1.54. The Morgan fingerprint density at radius 2 is 1.48 bits per heavy atom. The molecule has 1 amide bonds. The second-order valence-electron chi connectivity index (χ2n) is 4.46. The molecule has 0 bridgehead atoms. The Kier molecular flexibility index (Phi) is 5.92. The molecular weight excluding hydrogens is 295 g/mol. The van der Waals surface area contributed by atoms with Gasteiger partial charge in [0, 0.05) is 6.54 Å². The summed E-state index contributed by atoms with van der Waals surface area (Å²) >= 11 is 0. The van der Waals surface area contributed by atoms with Crippen molar-refractivity contribution in [3.05, 3.63) is 29.1 Å². The summed E-state index contributed by atoms with van der Waals surface area (Å²) in [5.74, 6) is -11.0. The van der Waals surface area contributed by atoms with Crippen molar-refractivity contribution in [1.29, 1.82) is 0 Å². The van der Waals surface area contributed by atoms with Gasteiger partial charge >= 0.3 is 0 Å². The molecular formula is C13H15F5N2O. The van der Waals surface area contributed by atoms with Gasteiger partial charge in [-0.05, 0) is 13.3 Å². The highest BCUT2D eigenvalue weighted by Crippen LogP contribution is 2.27. The molecule has 1 aromatic rings. The van der Waals surface area contributed by atoms with Crippen molar-refractivity contribution in [2.24, 2.45) is 0 Å². The van der Waals surface area contributed by atoms with Crippen molar-refractivity contribution in [3.8, 4) is 0 Å². The van der Waals surface area contributed by atoms with Crippen molar-refractivity contribution >= 4 is 11.6 Å². The molecule has 1 atom stereocenters. The number of unbranched alkanes of at least 4 members (excludes halogenated alkanes) is 1. The lowest BCUT2D eigenvalue weighted by Crippen LogP contribution is -2.38. The van der Waals surface area contributed by atoms with E-state index in [-0.39, 0.29) is 0 Å². The lowest BCUT2D eigenvalue weighted by Gasteiger charge is -2.17. The van der Waals surface area contributed by atoms with Crippen LogP contribution in [0.3, 0.4) is 0 Å². The van der Waals surface area contributed by atoms with Gasteiger partial charge in [0.15, 0.2) is 23.3 Å². The molecule has 1 rings (SSSR count). The van der Waals surface area contributed by atoms with Crippen molar-refractivity contribution in [3.63, 3.8) is 0 Å². The topological polar surface area (TPSA) is 41.1 Å². The van der Waals surface area contributed by atoms with Gasteiger partial charge in [-0.15, -0.1) is 0 Å². The molecule has 0 saturated heterocycles. The largest absolute Gasteiger partial charge is 0.369 e. The highest BCUT2D eigenvalue weighted by molar-refractivity contribution is 5.84. The first-order valence-electron chi connectivity index (χ1n) is 6.36. The molecule has 0 aromatic heterocycles. The zero-order chi connectivity index (χ0) is 16.2. The van der Waals surface area contributed by atoms with E-state index in [0.717, 1.165) is 6.42 Å². The fourth-order valence-electron chi connectivity index (χ4n) is 1.56. The van der Waals surface area contributed by atoms with E-state index < -0.39 is 46.7 Å². The first-order chi connectivity index (χ1) is 9.81. The van der Waals surface area contributed by atoms with Gasteiger partial charge in [-0.2, -0.15) is 0 Å². The van der Waals surface area contributed by atoms with Gasteiger partial charge in [0.25, 0.3) is 0 Å². The van der Waals surface area contributed by atoms with Gasteiger partial charge in [0.05, 0.1) is 0 Å². The summed E-state index contributed by atoms with van der Waals surface area (Å²) in [5.41, 5.74) is -1.22. The number of anilines is 1. The molecule has 0 aliphatic heterocycles. The van der Waals surface area contributed by atoms with E-state index in [1.165, 1.54) is 6.92 Å². The van der Waals surface area contributed by atoms with Crippen LogP contribution in [-0.2, 0) is 4.79 Å². The Morgan fingerprint density at radius 3 is 1.95 bits per heavy atom. The van der Waals surface area contributed by atoms with Gasteiger partial charge in [-0.3, -0.25) is 4.79 Å². The maximum Gasteiger partial charge on any atom is 0.242 e. The number of hydrogen-bond donors (Lipinski definition) is 2. The third-order valence-corrected chi connectivity index (χ3v) is 2.79. The number of carbonyl (C=O) groups excluding carboxylic acids is 1. The quantitative estimate of drug-likeness (QED) is 0.367. The maximum absolute atomic E-state index is 13.4. The van der Waals surface area contributed by atoms with Crippen molar-refractivity contribution in [1.82, 2.24) is 5.32 Å². The van der Waals surface area contributed by atoms with Crippen LogP contribution in [0.5, 0.6) is 0 Å². The number of hydrogen-bond acceptors (Lipinski definition) is 2. The smallest absolute Gasteiger partial charge is 0.242 e. The average molecular weight is 310 g/mol. The van der Waals surface area contributed by atoms with Crippen LogP contribution in [0, 0.1) is 29.1 Å². The van der Waals surface area contributed by atoms with Crippen LogP contribution in [-0.4, -0.2) is 18.5 Å². The van der Waals surface area contributed by atoms with E-state index in [1.54, 1.807) is 0 Å². The zero-order valence-electron chi connectivity index (χ0n) is 11.5. The van der Waals surface area contributed by atoms with Crippen LogP contribution >= 0.6 is 0 Å². The van der Waals surface area contributed by atoms with Gasteiger partial charge in [-0.1, -0.05) is 13.3 Å². The summed E-state index contributed by atoms with van der Waals surface area (Å²) in [6.45, 7) is 3.51. The van der Waals surface area contributed by atoms with Crippen molar-refractivity contribution in [2.75, 3.05) is 11.9 Å². The minimum Gasteiger partial charge on any atom is -0.369 e. The lowest BCUT2D eigenvalue weighted by atomic mass is 10.2. The molecule has 0 saturated carbocycles. The molecule has 0 aliphatic carbocycles. The minimum absolute atomic E-state index is 0.360. The summed E-state index contributed by atoms with van der Waals surface area (Å²) in [5, 5.41) is 4.48. The van der Waals surface area contributed by atoms with Gasteiger partial charge in [0.2, 0.25) is 11.7 Å². The Bertz CT molecular complexity index is 507. The van der Waals surface area contributed by atoms with Crippen LogP contribution in [0.1, 0.15) is 26.7 Å². The number of rotatable bonds is 6. The van der Waals surface area contributed by atoms with Crippen molar-refractivity contribution < 1.29 is 26.7 Å². The molecule has 0 spiro atoms. The first kappa shape index (κ1) is 17.2. The molecule has 21 heavy (non-hydrogen) atoms. The third-order valence-electron chi connectivity index (χ3n) is 2.79. The number of nitrogens with one attached hydrogen (secondary N) is 2. The van der Waals surface area contributed by atoms with Crippen LogP contribution in [0.4, 0.5) is 27.6 Å². The summed E-state index contributed by atoms with van der Waals surface area (Å²) in [4.78, 5) is 11.6. The van der Waals surface area contributed by atoms with Crippen molar-refractivity contribution in [2.45, 2.75) is 32.7 Å². The van der Waals surface area contributed by atoms with E-state index in [9.17, 15) is 26.7 Å². The third kappa shape index (κ3) is 3.83. The monoisotopic (exact) mass is 310 g/mol. The molecule has 118 valence electrons. The van der Waals surface area contributed by atoms with Crippen LogP contribution < -0.4 is 10.6 Å². The van der Waals surface area contributed by atoms with Gasteiger partial charge < -0.3 is 10.6 Å². The van der Waals surface area contributed by atoms with Gasteiger partial charge in [-0.25, -0.2) is 22.0 Å². The molecule has 0 fully saturated rings. The molecule has 0 aliphatic rings. The van der Waals surface area contributed by atoms with E-state index in [1.807, 2.05) is 12.2 Å². The molecule has 0 radical (unpaired) electrons. The number of halogens is 5. The molecule has 8 heteroatoms. The Balaban J connectivity index is 2.90. The lowest BCUT2D eigenvalue weighted by molar-refractivity contribution is -0.121.